The fourth-order valence-electron chi connectivity index (χ4n) is 4.33. The van der Waals surface area contributed by atoms with Crippen LogP contribution in [0.1, 0.15) is 38.4 Å². The number of cyclic esters (lactones) is 1. The third-order valence-corrected chi connectivity index (χ3v) is 5.24. The van der Waals surface area contributed by atoms with Crippen LogP contribution in [0, 0.1) is 11.3 Å². The van der Waals surface area contributed by atoms with E-state index in [-0.39, 0.29) is 17.7 Å². The molecule has 0 amide bonds. The minimum absolute atomic E-state index is 0.0287. The molecule has 20 heavy (non-hydrogen) atoms. The lowest BCUT2D eigenvalue weighted by atomic mass is 9.56. The zero-order chi connectivity index (χ0) is 14.1. The molecule has 1 aromatic heterocycles. The lowest BCUT2D eigenvalue weighted by molar-refractivity contribution is -0.175. The molecule has 2 aliphatic heterocycles. The number of esters is 1. The molecule has 3 fully saturated rings. The van der Waals surface area contributed by atoms with Crippen molar-refractivity contribution in [1.82, 2.24) is 0 Å². The van der Waals surface area contributed by atoms with Gasteiger partial charge in [0.2, 0.25) is 0 Å². The van der Waals surface area contributed by atoms with E-state index in [2.05, 4.69) is 0 Å². The standard InChI is InChI=1S/C15H16O5/c1-8-5-10(16)6-14(2)11(9-3-4-18-7-9)19-13(17)12-15(8,14)20-12/h3-4,7-8,11-12H,5-6H2,1-2H3. The molecule has 4 rings (SSSR count). The minimum atomic E-state index is -0.557. The Morgan fingerprint density at radius 2 is 2.10 bits per heavy atom. The van der Waals surface area contributed by atoms with Crippen molar-refractivity contribution in [2.75, 3.05) is 0 Å². The maximum atomic E-state index is 12.1. The average molecular weight is 276 g/mol. The van der Waals surface area contributed by atoms with Crippen LogP contribution in [0.5, 0.6) is 0 Å². The zero-order valence-electron chi connectivity index (χ0n) is 11.4. The van der Waals surface area contributed by atoms with Crippen molar-refractivity contribution in [1.29, 1.82) is 0 Å². The molecule has 1 spiro atoms. The molecule has 0 N–H and O–H groups in total. The van der Waals surface area contributed by atoms with Gasteiger partial charge in [-0.3, -0.25) is 4.79 Å². The van der Waals surface area contributed by atoms with Crippen LogP contribution < -0.4 is 0 Å². The predicted octanol–water partition coefficient (Wildman–Crippen LogP) is 2.02. The molecule has 1 saturated carbocycles. The van der Waals surface area contributed by atoms with Gasteiger partial charge in [0.1, 0.15) is 17.5 Å². The predicted molar refractivity (Wildman–Crippen MR) is 66.7 cm³/mol. The molecule has 5 atom stereocenters. The fraction of sp³-hybridized carbons (Fsp3) is 0.600. The van der Waals surface area contributed by atoms with Gasteiger partial charge in [0.25, 0.3) is 0 Å². The highest BCUT2D eigenvalue weighted by Gasteiger charge is 2.80. The van der Waals surface area contributed by atoms with E-state index in [1.54, 1.807) is 18.6 Å². The van der Waals surface area contributed by atoms with Gasteiger partial charge < -0.3 is 13.9 Å². The van der Waals surface area contributed by atoms with Gasteiger partial charge in [0.15, 0.2) is 6.10 Å². The molecule has 0 aromatic carbocycles. The van der Waals surface area contributed by atoms with Crippen molar-refractivity contribution in [3.05, 3.63) is 24.2 Å². The SMILES string of the molecule is CC1CC(=O)CC2(C)C(c3ccoc3)OC(=O)C3OC132. The van der Waals surface area contributed by atoms with E-state index >= 15 is 0 Å². The number of rotatable bonds is 1. The Bertz CT molecular complexity index is 591. The Balaban J connectivity index is 1.85. The van der Waals surface area contributed by atoms with Crippen LogP contribution in [0.3, 0.4) is 0 Å². The Labute approximate surface area is 116 Å². The Kier molecular flexibility index (Phi) is 2.14. The zero-order valence-corrected chi connectivity index (χ0v) is 11.4. The van der Waals surface area contributed by atoms with Gasteiger partial charge in [-0.25, -0.2) is 4.79 Å². The Morgan fingerprint density at radius 1 is 1.30 bits per heavy atom. The van der Waals surface area contributed by atoms with Crippen LogP contribution >= 0.6 is 0 Å². The largest absolute Gasteiger partial charge is 0.472 e. The normalized spacial score (nSPS) is 46.4. The quantitative estimate of drug-likeness (QED) is 0.580. The summed E-state index contributed by atoms with van der Waals surface area (Å²) in [6, 6.07) is 1.78. The fourth-order valence-corrected chi connectivity index (χ4v) is 4.33. The molecule has 5 unspecified atom stereocenters. The second kappa shape index (κ2) is 3.52. The van der Waals surface area contributed by atoms with E-state index in [1.807, 2.05) is 13.8 Å². The second-order valence-electron chi connectivity index (χ2n) is 6.40. The highest BCUT2D eigenvalue weighted by atomic mass is 16.7. The van der Waals surface area contributed by atoms with Gasteiger partial charge in [0, 0.05) is 23.8 Å². The van der Waals surface area contributed by atoms with Gasteiger partial charge in [-0.2, -0.15) is 0 Å². The highest BCUT2D eigenvalue weighted by Crippen LogP contribution is 2.68. The van der Waals surface area contributed by atoms with Gasteiger partial charge in [0.05, 0.1) is 12.5 Å². The van der Waals surface area contributed by atoms with Gasteiger partial charge >= 0.3 is 5.97 Å². The molecule has 5 heteroatoms. The maximum absolute atomic E-state index is 12.1. The van der Waals surface area contributed by atoms with E-state index in [0.717, 1.165) is 5.56 Å². The highest BCUT2D eigenvalue weighted by molar-refractivity contribution is 5.87. The summed E-state index contributed by atoms with van der Waals surface area (Å²) in [5.41, 5.74) is -0.293. The number of epoxide rings is 1. The topological polar surface area (TPSA) is 69.0 Å². The first-order valence-electron chi connectivity index (χ1n) is 6.91. The van der Waals surface area contributed by atoms with Crippen molar-refractivity contribution in [2.45, 2.75) is 44.5 Å². The third-order valence-electron chi connectivity index (χ3n) is 5.24. The molecular weight excluding hydrogens is 260 g/mol. The number of ether oxygens (including phenoxy) is 2. The van der Waals surface area contributed by atoms with Crippen LogP contribution in [0.2, 0.25) is 0 Å². The van der Waals surface area contributed by atoms with Crippen LogP contribution in [0.4, 0.5) is 0 Å². The Morgan fingerprint density at radius 3 is 2.80 bits per heavy atom. The molecule has 5 nitrogen and oxygen atoms in total. The van der Waals surface area contributed by atoms with E-state index in [9.17, 15) is 9.59 Å². The van der Waals surface area contributed by atoms with Crippen molar-refractivity contribution >= 4 is 11.8 Å². The lowest BCUT2D eigenvalue weighted by Gasteiger charge is -2.48. The van der Waals surface area contributed by atoms with Gasteiger partial charge in [-0.05, 0) is 12.0 Å². The van der Waals surface area contributed by atoms with Crippen LogP contribution in [-0.2, 0) is 19.1 Å². The van der Waals surface area contributed by atoms with Crippen molar-refractivity contribution in [3.8, 4) is 0 Å². The monoisotopic (exact) mass is 276 g/mol. The summed E-state index contributed by atoms with van der Waals surface area (Å²) in [5, 5.41) is 0. The average Bonchev–Trinajstić information content (AvgIpc) is 2.94. The molecule has 0 bridgehead atoms. The molecule has 1 aliphatic carbocycles. The van der Waals surface area contributed by atoms with E-state index in [1.165, 1.54) is 0 Å². The van der Waals surface area contributed by atoms with Gasteiger partial charge in [-0.15, -0.1) is 0 Å². The van der Waals surface area contributed by atoms with Crippen LogP contribution in [-0.4, -0.2) is 23.5 Å². The maximum Gasteiger partial charge on any atom is 0.339 e. The minimum Gasteiger partial charge on any atom is -0.472 e. The smallest absolute Gasteiger partial charge is 0.339 e. The summed E-state index contributed by atoms with van der Waals surface area (Å²) in [4.78, 5) is 24.2. The first kappa shape index (κ1) is 12.1. The van der Waals surface area contributed by atoms with Crippen LogP contribution in [0.15, 0.2) is 23.0 Å². The molecule has 1 aromatic rings. The number of hydrogen-bond acceptors (Lipinski definition) is 5. The molecule has 106 valence electrons. The molecule has 0 radical (unpaired) electrons. The summed E-state index contributed by atoms with van der Waals surface area (Å²) in [6.07, 6.45) is 2.96. The van der Waals surface area contributed by atoms with Crippen LogP contribution in [0.25, 0.3) is 0 Å². The first-order valence-corrected chi connectivity index (χ1v) is 6.91. The summed E-state index contributed by atoms with van der Waals surface area (Å²) in [6.45, 7) is 3.98. The third kappa shape index (κ3) is 1.22. The van der Waals surface area contributed by atoms with E-state index in [0.29, 0.717) is 12.8 Å². The number of hydrogen-bond donors (Lipinski definition) is 0. The summed E-state index contributed by atoms with van der Waals surface area (Å²) >= 11 is 0. The number of furan rings is 1. The molecule has 2 saturated heterocycles. The number of ketones is 1. The number of Topliss-reactive ketones (excluding diaryl/α,β-unsaturated/α-hetero) is 1. The van der Waals surface area contributed by atoms with E-state index < -0.39 is 23.2 Å². The molecule has 3 aliphatic rings. The van der Waals surface area contributed by atoms with E-state index in [4.69, 9.17) is 13.9 Å². The van der Waals surface area contributed by atoms with Gasteiger partial charge in [-0.1, -0.05) is 13.8 Å². The Hall–Kier alpha value is -1.62. The van der Waals surface area contributed by atoms with Crippen molar-refractivity contribution in [2.24, 2.45) is 11.3 Å². The first-order chi connectivity index (χ1) is 9.49. The second-order valence-corrected chi connectivity index (χ2v) is 6.40. The lowest BCUT2D eigenvalue weighted by Crippen LogP contribution is -2.56. The molecule has 3 heterocycles. The van der Waals surface area contributed by atoms with Crippen molar-refractivity contribution in [3.63, 3.8) is 0 Å². The summed E-state index contributed by atoms with van der Waals surface area (Å²) in [7, 11) is 0. The number of carbonyl (C=O) groups excluding carboxylic acids is 2. The summed E-state index contributed by atoms with van der Waals surface area (Å²) < 4.78 is 16.5. The number of carbonyl (C=O) groups is 2. The van der Waals surface area contributed by atoms with Crippen molar-refractivity contribution < 1.29 is 23.5 Å². The summed E-state index contributed by atoms with van der Waals surface area (Å²) in [5.74, 6) is -0.0952. The molecular formula is C15H16O5.